The van der Waals surface area contributed by atoms with Gasteiger partial charge in [0.2, 0.25) is 0 Å². The highest BCUT2D eigenvalue weighted by atomic mass is 19.1. The lowest BCUT2D eigenvalue weighted by Crippen LogP contribution is -2.40. The third-order valence-electron chi connectivity index (χ3n) is 5.36. The van der Waals surface area contributed by atoms with E-state index in [4.69, 9.17) is 9.72 Å². The highest BCUT2D eigenvalue weighted by molar-refractivity contribution is 5.77. The highest BCUT2D eigenvalue weighted by Crippen LogP contribution is 2.29. The van der Waals surface area contributed by atoms with Gasteiger partial charge in [0, 0.05) is 55.8 Å². The Balaban J connectivity index is 1.38. The molecule has 2 aromatic heterocycles. The number of benzene rings is 1. The Kier molecular flexibility index (Phi) is 6.35. The van der Waals surface area contributed by atoms with Crippen LogP contribution in [0.25, 0.3) is 11.4 Å². The molecule has 1 aliphatic rings. The van der Waals surface area contributed by atoms with Gasteiger partial charge in [-0.15, -0.1) is 0 Å². The molecule has 0 radical (unpaired) electrons. The summed E-state index contributed by atoms with van der Waals surface area (Å²) in [5, 5.41) is 3.10. The summed E-state index contributed by atoms with van der Waals surface area (Å²) >= 11 is 0. The van der Waals surface area contributed by atoms with Crippen LogP contribution in [0.1, 0.15) is 24.5 Å². The summed E-state index contributed by atoms with van der Waals surface area (Å²) in [6, 6.07) is 11.4. The molecule has 1 aliphatic heterocycles. The van der Waals surface area contributed by atoms with E-state index < -0.39 is 0 Å². The van der Waals surface area contributed by atoms with Gasteiger partial charge in [0.1, 0.15) is 17.4 Å². The molecule has 1 amide bonds. The number of pyridine rings is 1. The van der Waals surface area contributed by atoms with Crippen molar-refractivity contribution in [2.45, 2.75) is 18.8 Å². The monoisotopic (exact) mass is 421 g/mol. The number of amides is 1. The molecule has 1 N–H and O–H groups in total. The van der Waals surface area contributed by atoms with Crippen molar-refractivity contribution in [2.24, 2.45) is 0 Å². The first-order chi connectivity index (χ1) is 15.1. The maximum absolute atomic E-state index is 13.0. The van der Waals surface area contributed by atoms with Gasteiger partial charge < -0.3 is 15.0 Å². The van der Waals surface area contributed by atoms with Crippen molar-refractivity contribution >= 4 is 11.7 Å². The molecular weight excluding hydrogens is 397 g/mol. The number of nitrogens with one attached hydrogen (secondary N) is 1. The molecule has 1 fully saturated rings. The molecule has 0 bridgehead atoms. The van der Waals surface area contributed by atoms with E-state index in [2.05, 4.69) is 15.3 Å². The van der Waals surface area contributed by atoms with Gasteiger partial charge in [0.15, 0.2) is 12.4 Å². The van der Waals surface area contributed by atoms with Crippen LogP contribution in [0, 0.1) is 5.82 Å². The molecule has 1 aromatic carbocycles. The molecule has 7 nitrogen and oxygen atoms in total. The number of likely N-dealkylation sites (tertiary alicyclic amines) is 1. The predicted molar refractivity (Wildman–Crippen MR) is 115 cm³/mol. The molecule has 31 heavy (non-hydrogen) atoms. The first-order valence-electron chi connectivity index (χ1n) is 10.3. The summed E-state index contributed by atoms with van der Waals surface area (Å²) in [6.07, 6.45) is 5.10. The first-order valence-corrected chi connectivity index (χ1v) is 10.3. The van der Waals surface area contributed by atoms with E-state index in [1.165, 1.54) is 24.3 Å². The first kappa shape index (κ1) is 20.7. The normalized spacial score (nSPS) is 14.3. The molecule has 8 heteroatoms. The summed E-state index contributed by atoms with van der Waals surface area (Å²) in [6.45, 7) is 1.22. The van der Waals surface area contributed by atoms with Crippen LogP contribution < -0.4 is 10.1 Å². The van der Waals surface area contributed by atoms with Crippen molar-refractivity contribution < 1.29 is 13.9 Å². The second-order valence-corrected chi connectivity index (χ2v) is 7.39. The largest absolute Gasteiger partial charge is 0.484 e. The van der Waals surface area contributed by atoms with Gasteiger partial charge in [-0.2, -0.15) is 0 Å². The van der Waals surface area contributed by atoms with Crippen LogP contribution in [-0.4, -0.2) is 52.5 Å². The summed E-state index contributed by atoms with van der Waals surface area (Å²) < 4.78 is 18.5. The number of hydrogen-bond donors (Lipinski definition) is 1. The van der Waals surface area contributed by atoms with Crippen LogP contribution in [0.3, 0.4) is 0 Å². The SMILES string of the molecule is CNc1cc(C2CCN(C(=O)COc3ccc(F)cc3)CC2)nc(-c2cccnc2)n1. The van der Waals surface area contributed by atoms with Gasteiger partial charge in [-0.3, -0.25) is 9.78 Å². The lowest BCUT2D eigenvalue weighted by atomic mass is 9.93. The minimum atomic E-state index is -0.335. The van der Waals surface area contributed by atoms with Crippen LogP contribution in [0.4, 0.5) is 10.2 Å². The van der Waals surface area contributed by atoms with Crippen LogP contribution in [-0.2, 0) is 4.79 Å². The quantitative estimate of drug-likeness (QED) is 0.656. The molecule has 0 saturated carbocycles. The van der Waals surface area contributed by atoms with Crippen molar-refractivity contribution in [1.82, 2.24) is 19.9 Å². The van der Waals surface area contributed by atoms with Gasteiger partial charge in [-0.1, -0.05) is 0 Å². The number of ether oxygens (including phenoxy) is 1. The van der Waals surface area contributed by atoms with Crippen molar-refractivity contribution in [3.8, 4) is 17.1 Å². The zero-order valence-corrected chi connectivity index (χ0v) is 17.3. The van der Waals surface area contributed by atoms with E-state index in [0.29, 0.717) is 24.7 Å². The Morgan fingerprint density at radius 3 is 2.65 bits per heavy atom. The van der Waals surface area contributed by atoms with Crippen molar-refractivity contribution in [2.75, 3.05) is 32.1 Å². The van der Waals surface area contributed by atoms with Crippen LogP contribution in [0.15, 0.2) is 54.9 Å². The minimum absolute atomic E-state index is 0.0567. The van der Waals surface area contributed by atoms with Gasteiger partial charge in [0.25, 0.3) is 5.91 Å². The number of nitrogens with zero attached hydrogens (tertiary/aromatic N) is 4. The number of carbonyl (C=O) groups excluding carboxylic acids is 1. The van der Waals surface area contributed by atoms with Gasteiger partial charge in [0.05, 0.1) is 0 Å². The molecule has 3 aromatic rings. The fraction of sp³-hybridized carbons (Fsp3) is 0.304. The number of hydrogen-bond acceptors (Lipinski definition) is 6. The Morgan fingerprint density at radius 1 is 1.19 bits per heavy atom. The summed E-state index contributed by atoms with van der Waals surface area (Å²) in [5.74, 6) is 1.72. The summed E-state index contributed by atoms with van der Waals surface area (Å²) in [5.41, 5.74) is 1.83. The topological polar surface area (TPSA) is 80.2 Å². The molecule has 0 atom stereocenters. The second kappa shape index (κ2) is 9.51. The van der Waals surface area contributed by atoms with Crippen LogP contribution in [0.2, 0.25) is 0 Å². The Hall–Kier alpha value is -3.55. The number of piperidine rings is 1. The zero-order valence-electron chi connectivity index (χ0n) is 17.3. The number of halogens is 1. The lowest BCUT2D eigenvalue weighted by Gasteiger charge is -2.32. The van der Waals surface area contributed by atoms with Crippen molar-refractivity contribution in [3.05, 3.63) is 66.4 Å². The van der Waals surface area contributed by atoms with Gasteiger partial charge in [-0.25, -0.2) is 14.4 Å². The lowest BCUT2D eigenvalue weighted by molar-refractivity contribution is -0.134. The number of carbonyl (C=O) groups is 1. The Bertz CT molecular complexity index is 1020. The Morgan fingerprint density at radius 2 is 1.97 bits per heavy atom. The van der Waals surface area contributed by atoms with Crippen LogP contribution in [0.5, 0.6) is 5.75 Å². The van der Waals surface area contributed by atoms with E-state index in [9.17, 15) is 9.18 Å². The molecule has 1 saturated heterocycles. The Labute approximate surface area is 180 Å². The minimum Gasteiger partial charge on any atom is -0.484 e. The average Bonchev–Trinajstić information content (AvgIpc) is 2.84. The maximum Gasteiger partial charge on any atom is 0.260 e. The summed E-state index contributed by atoms with van der Waals surface area (Å²) in [7, 11) is 1.83. The third-order valence-corrected chi connectivity index (χ3v) is 5.36. The highest BCUT2D eigenvalue weighted by Gasteiger charge is 2.26. The maximum atomic E-state index is 13.0. The number of rotatable bonds is 6. The molecular formula is C23H24FN5O2. The number of aromatic nitrogens is 3. The molecule has 0 aliphatic carbocycles. The molecule has 0 spiro atoms. The van der Waals surface area contributed by atoms with E-state index in [1.54, 1.807) is 12.4 Å². The smallest absolute Gasteiger partial charge is 0.260 e. The standard InChI is InChI=1S/C23H24FN5O2/c1-25-21-13-20(27-23(28-21)17-3-2-10-26-14-17)16-8-11-29(12-9-16)22(30)15-31-19-6-4-18(24)5-7-19/h2-7,10,13-14,16H,8-9,11-12,15H2,1H3,(H,25,27,28). The predicted octanol–water partition coefficient (Wildman–Crippen LogP) is 3.50. The van der Waals surface area contributed by atoms with E-state index in [-0.39, 0.29) is 24.2 Å². The molecule has 4 rings (SSSR count). The summed E-state index contributed by atoms with van der Waals surface area (Å²) in [4.78, 5) is 27.8. The fourth-order valence-electron chi connectivity index (χ4n) is 3.62. The molecule has 160 valence electrons. The van der Waals surface area contributed by atoms with Gasteiger partial charge >= 0.3 is 0 Å². The zero-order chi connectivity index (χ0) is 21.6. The van der Waals surface area contributed by atoms with E-state index >= 15 is 0 Å². The second-order valence-electron chi connectivity index (χ2n) is 7.39. The van der Waals surface area contributed by atoms with Crippen molar-refractivity contribution in [1.29, 1.82) is 0 Å². The van der Waals surface area contributed by atoms with E-state index in [1.807, 2.05) is 30.1 Å². The van der Waals surface area contributed by atoms with Crippen molar-refractivity contribution in [3.63, 3.8) is 0 Å². The average molecular weight is 421 g/mol. The molecule has 0 unspecified atom stereocenters. The number of anilines is 1. The van der Waals surface area contributed by atoms with E-state index in [0.717, 1.165) is 29.9 Å². The third kappa shape index (κ3) is 5.14. The van der Waals surface area contributed by atoms with Crippen LogP contribution >= 0.6 is 0 Å². The fourth-order valence-corrected chi connectivity index (χ4v) is 3.62. The molecule has 3 heterocycles. The van der Waals surface area contributed by atoms with Gasteiger partial charge in [-0.05, 0) is 49.2 Å².